The first-order valence-electron chi connectivity index (χ1n) is 4.18. The Kier molecular flexibility index (Phi) is 3.24. The van der Waals surface area contributed by atoms with Gasteiger partial charge < -0.3 is 14.6 Å². The molecule has 1 heterocycles. The molecule has 0 aliphatic carbocycles. The number of rotatable bonds is 4. The van der Waals surface area contributed by atoms with E-state index in [0.717, 1.165) is 0 Å². The molecule has 0 radical (unpaired) electrons. The topological polar surface area (TPSA) is 67.8 Å². The van der Waals surface area contributed by atoms with Gasteiger partial charge in [0.2, 0.25) is 0 Å². The van der Waals surface area contributed by atoms with Crippen LogP contribution in [-0.2, 0) is 14.3 Å². The average molecular weight is 189 g/mol. The van der Waals surface area contributed by atoms with Gasteiger partial charge in [-0.15, -0.1) is 0 Å². The lowest BCUT2D eigenvalue weighted by Crippen LogP contribution is -2.63. The SMILES string of the molecule is COC(=O)CC1(NC(C)O)COC1. The van der Waals surface area contributed by atoms with Gasteiger partial charge in [-0.05, 0) is 6.92 Å². The largest absolute Gasteiger partial charge is 0.469 e. The minimum absolute atomic E-state index is 0.231. The van der Waals surface area contributed by atoms with Gasteiger partial charge in [-0.1, -0.05) is 0 Å². The number of methoxy groups -OCH3 is 1. The van der Waals surface area contributed by atoms with Crippen molar-refractivity contribution in [1.82, 2.24) is 5.32 Å². The van der Waals surface area contributed by atoms with E-state index in [9.17, 15) is 4.79 Å². The van der Waals surface area contributed by atoms with Crippen molar-refractivity contribution in [3.63, 3.8) is 0 Å². The molecule has 1 rings (SSSR count). The number of aliphatic hydroxyl groups excluding tert-OH is 1. The van der Waals surface area contributed by atoms with Crippen LogP contribution >= 0.6 is 0 Å². The molecular weight excluding hydrogens is 174 g/mol. The predicted octanol–water partition coefficient (Wildman–Crippen LogP) is -0.754. The summed E-state index contributed by atoms with van der Waals surface area (Å²) in [5.41, 5.74) is -0.429. The summed E-state index contributed by atoms with van der Waals surface area (Å²) in [6.45, 7) is 2.48. The summed E-state index contributed by atoms with van der Waals surface area (Å²) >= 11 is 0. The highest BCUT2D eigenvalue weighted by Gasteiger charge is 2.41. The van der Waals surface area contributed by atoms with Crippen LogP contribution in [0.25, 0.3) is 0 Å². The summed E-state index contributed by atoms with van der Waals surface area (Å²) < 4.78 is 9.55. The first-order valence-corrected chi connectivity index (χ1v) is 4.18. The third-order valence-corrected chi connectivity index (χ3v) is 1.98. The zero-order valence-corrected chi connectivity index (χ0v) is 7.87. The van der Waals surface area contributed by atoms with Crippen molar-refractivity contribution in [2.75, 3.05) is 20.3 Å². The van der Waals surface area contributed by atoms with Crippen molar-refractivity contribution in [3.05, 3.63) is 0 Å². The van der Waals surface area contributed by atoms with Crippen LogP contribution < -0.4 is 5.32 Å². The van der Waals surface area contributed by atoms with E-state index in [2.05, 4.69) is 10.1 Å². The Morgan fingerprint density at radius 1 is 1.77 bits per heavy atom. The van der Waals surface area contributed by atoms with Crippen LogP contribution in [0.1, 0.15) is 13.3 Å². The molecule has 0 amide bonds. The van der Waals surface area contributed by atoms with Crippen molar-refractivity contribution < 1.29 is 19.4 Å². The Morgan fingerprint density at radius 2 is 2.38 bits per heavy atom. The maximum atomic E-state index is 11.0. The summed E-state index contributed by atoms with van der Waals surface area (Å²) in [6.07, 6.45) is -0.414. The summed E-state index contributed by atoms with van der Waals surface area (Å²) in [5, 5.41) is 12.0. The molecule has 13 heavy (non-hydrogen) atoms. The first kappa shape index (κ1) is 10.4. The van der Waals surface area contributed by atoms with Crippen LogP contribution in [0.2, 0.25) is 0 Å². The molecule has 0 aromatic carbocycles. The molecule has 1 fully saturated rings. The Balaban J connectivity index is 2.44. The number of hydrogen-bond donors (Lipinski definition) is 2. The summed E-state index contributed by atoms with van der Waals surface area (Å²) in [5.74, 6) is -0.295. The van der Waals surface area contributed by atoms with E-state index in [1.807, 2.05) is 0 Å². The number of esters is 1. The predicted molar refractivity (Wildman–Crippen MR) is 45.0 cm³/mol. The molecule has 1 saturated heterocycles. The van der Waals surface area contributed by atoms with Gasteiger partial charge in [-0.25, -0.2) is 0 Å². The third-order valence-electron chi connectivity index (χ3n) is 1.98. The van der Waals surface area contributed by atoms with E-state index in [4.69, 9.17) is 9.84 Å². The number of ether oxygens (including phenoxy) is 2. The third kappa shape index (κ3) is 2.65. The molecule has 0 aromatic rings. The molecule has 1 unspecified atom stereocenters. The maximum Gasteiger partial charge on any atom is 0.307 e. The quantitative estimate of drug-likeness (QED) is 0.450. The van der Waals surface area contributed by atoms with Gasteiger partial charge in [0.15, 0.2) is 0 Å². The van der Waals surface area contributed by atoms with Crippen molar-refractivity contribution in [1.29, 1.82) is 0 Å². The van der Waals surface area contributed by atoms with E-state index < -0.39 is 11.8 Å². The van der Waals surface area contributed by atoms with Crippen LogP contribution in [-0.4, -0.2) is 43.2 Å². The molecule has 1 aliphatic rings. The highest BCUT2D eigenvalue weighted by atomic mass is 16.5. The average Bonchev–Trinajstić information content (AvgIpc) is 1.99. The van der Waals surface area contributed by atoms with Crippen LogP contribution in [0.15, 0.2) is 0 Å². The number of aliphatic hydroxyl groups is 1. The highest BCUT2D eigenvalue weighted by molar-refractivity contribution is 5.71. The van der Waals surface area contributed by atoms with Gasteiger partial charge >= 0.3 is 5.97 Å². The minimum atomic E-state index is -0.645. The second-order valence-corrected chi connectivity index (χ2v) is 3.35. The molecule has 1 aliphatic heterocycles. The Bertz CT molecular complexity index is 189. The highest BCUT2D eigenvalue weighted by Crippen LogP contribution is 2.22. The van der Waals surface area contributed by atoms with E-state index in [-0.39, 0.29) is 12.4 Å². The van der Waals surface area contributed by atoms with Crippen molar-refractivity contribution >= 4 is 5.97 Å². The van der Waals surface area contributed by atoms with Gasteiger partial charge in [-0.2, -0.15) is 0 Å². The monoisotopic (exact) mass is 189 g/mol. The minimum Gasteiger partial charge on any atom is -0.469 e. The van der Waals surface area contributed by atoms with Crippen molar-refractivity contribution in [2.45, 2.75) is 25.1 Å². The van der Waals surface area contributed by atoms with Gasteiger partial charge in [0.25, 0.3) is 0 Å². The number of hydrogen-bond acceptors (Lipinski definition) is 5. The van der Waals surface area contributed by atoms with E-state index in [0.29, 0.717) is 13.2 Å². The van der Waals surface area contributed by atoms with Crippen molar-refractivity contribution in [3.8, 4) is 0 Å². The second-order valence-electron chi connectivity index (χ2n) is 3.35. The van der Waals surface area contributed by atoms with Gasteiger partial charge in [-0.3, -0.25) is 10.1 Å². The fraction of sp³-hybridized carbons (Fsp3) is 0.875. The molecule has 76 valence electrons. The number of carbonyl (C=O) groups is 1. The summed E-state index contributed by atoms with van der Waals surface area (Å²) in [4.78, 5) is 11.0. The lowest BCUT2D eigenvalue weighted by molar-refractivity contribution is -0.152. The Morgan fingerprint density at radius 3 is 2.69 bits per heavy atom. The zero-order valence-electron chi connectivity index (χ0n) is 7.87. The second kappa shape index (κ2) is 4.04. The first-order chi connectivity index (χ1) is 6.08. The molecule has 5 heteroatoms. The molecule has 0 aromatic heterocycles. The van der Waals surface area contributed by atoms with Gasteiger partial charge in [0, 0.05) is 0 Å². The molecule has 0 bridgehead atoms. The molecule has 1 atom stereocenters. The van der Waals surface area contributed by atoms with E-state index in [1.165, 1.54) is 7.11 Å². The van der Waals surface area contributed by atoms with Crippen molar-refractivity contribution in [2.24, 2.45) is 0 Å². The summed E-state index contributed by atoms with van der Waals surface area (Å²) in [7, 11) is 1.35. The molecule has 0 spiro atoms. The smallest absolute Gasteiger partial charge is 0.307 e. The van der Waals surface area contributed by atoms with Crippen LogP contribution in [0.3, 0.4) is 0 Å². The van der Waals surface area contributed by atoms with Crippen LogP contribution in [0, 0.1) is 0 Å². The van der Waals surface area contributed by atoms with E-state index >= 15 is 0 Å². The van der Waals surface area contributed by atoms with E-state index in [1.54, 1.807) is 6.92 Å². The Hall–Kier alpha value is -0.650. The number of carbonyl (C=O) groups excluding carboxylic acids is 1. The van der Waals surface area contributed by atoms with Gasteiger partial charge in [0.05, 0.1) is 32.3 Å². The molecule has 2 N–H and O–H groups in total. The lowest BCUT2D eigenvalue weighted by atomic mass is 9.93. The normalized spacial score (nSPS) is 21.8. The van der Waals surface area contributed by atoms with Crippen LogP contribution in [0.4, 0.5) is 0 Å². The molecule has 0 saturated carbocycles. The van der Waals surface area contributed by atoms with Gasteiger partial charge in [0.1, 0.15) is 6.23 Å². The fourth-order valence-electron chi connectivity index (χ4n) is 1.38. The standard InChI is InChI=1S/C8H15NO4/c1-6(10)9-8(4-13-5-8)3-7(11)12-2/h6,9-10H,3-5H2,1-2H3. The maximum absolute atomic E-state index is 11.0. The molecule has 5 nitrogen and oxygen atoms in total. The van der Waals surface area contributed by atoms with Crippen LogP contribution in [0.5, 0.6) is 0 Å². The lowest BCUT2D eigenvalue weighted by Gasteiger charge is -2.42. The zero-order chi connectivity index (χ0) is 9.90. The summed E-state index contributed by atoms with van der Waals surface area (Å²) in [6, 6.07) is 0. The Labute approximate surface area is 77.0 Å². The number of nitrogens with one attached hydrogen (secondary N) is 1. The molecular formula is C8H15NO4. The fourth-order valence-corrected chi connectivity index (χ4v) is 1.38.